The second-order valence-corrected chi connectivity index (χ2v) is 2.66. The van der Waals surface area contributed by atoms with Crippen LogP contribution >= 0.6 is 11.3 Å². The van der Waals surface area contributed by atoms with Crippen molar-refractivity contribution in [3.63, 3.8) is 0 Å². The largest absolute Gasteiger partial charge is 0.477 e. The number of aromatic carboxylic acids is 1. The average Bonchev–Trinajstić information content (AvgIpc) is 2.37. The summed E-state index contributed by atoms with van der Waals surface area (Å²) in [6.07, 6.45) is 0. The van der Waals surface area contributed by atoms with Crippen molar-refractivity contribution in [1.82, 2.24) is 0 Å². The molecule has 0 fully saturated rings. The summed E-state index contributed by atoms with van der Waals surface area (Å²) in [5.41, 5.74) is 5.77. The van der Waals surface area contributed by atoms with Crippen molar-refractivity contribution in [2.24, 2.45) is 0 Å². The molecule has 0 atom stereocenters. The molecule has 0 saturated carbocycles. The van der Waals surface area contributed by atoms with Crippen LogP contribution in [0.15, 0.2) is 11.4 Å². The maximum atomic E-state index is 10.2. The number of rotatable bonds is 1. The Morgan fingerprint density at radius 1 is 1.58 bits per heavy atom. The van der Waals surface area contributed by atoms with E-state index < -0.39 is 17.5 Å². The lowest BCUT2D eigenvalue weighted by Gasteiger charge is -1.79. The summed E-state index contributed by atoms with van der Waals surface area (Å²) in [5.74, 6) is -0.920. The van der Waals surface area contributed by atoms with Gasteiger partial charge in [-0.05, 0) is 6.07 Å². The number of nitrogens with two attached hydrogens (primary N) is 1. The summed E-state index contributed by atoms with van der Waals surface area (Å²) in [6.45, 7) is 0. The first-order valence-electron chi connectivity index (χ1n) is 2.61. The molecule has 12 heavy (non-hydrogen) atoms. The van der Waals surface area contributed by atoms with Crippen LogP contribution in [0.2, 0.25) is 0 Å². The van der Waals surface area contributed by atoms with Crippen molar-refractivity contribution in [3.05, 3.63) is 16.3 Å². The SMILES string of the molecule is Nc1csc(C(=O)O)c1.O=S=O. The van der Waals surface area contributed by atoms with Gasteiger partial charge in [0.2, 0.25) is 0 Å². The Hall–Kier alpha value is -1.21. The quantitative estimate of drug-likeness (QED) is 0.692. The summed E-state index contributed by atoms with van der Waals surface area (Å²) in [6, 6.07) is 1.44. The van der Waals surface area contributed by atoms with Gasteiger partial charge in [-0.2, -0.15) is 8.42 Å². The maximum absolute atomic E-state index is 10.2. The smallest absolute Gasteiger partial charge is 0.345 e. The summed E-state index contributed by atoms with van der Waals surface area (Å²) >= 11 is 0.383. The molecule has 0 saturated heterocycles. The van der Waals surface area contributed by atoms with Crippen LogP contribution in [0.5, 0.6) is 0 Å². The number of hydrogen-bond donors (Lipinski definition) is 2. The fraction of sp³-hybridized carbons (Fsp3) is 0. The highest BCUT2D eigenvalue weighted by atomic mass is 32.1. The Labute approximate surface area is 75.4 Å². The molecule has 0 aliphatic heterocycles. The van der Waals surface area contributed by atoms with E-state index in [0.717, 1.165) is 11.3 Å². The van der Waals surface area contributed by atoms with E-state index in [0.29, 0.717) is 5.69 Å². The molecular formula is C5H5NO4S2. The molecular weight excluding hydrogens is 202 g/mol. The highest BCUT2D eigenvalue weighted by Gasteiger charge is 2.03. The third kappa shape index (κ3) is 3.84. The average molecular weight is 207 g/mol. The summed E-state index contributed by atoms with van der Waals surface area (Å²) < 4.78 is 16.6. The molecule has 5 nitrogen and oxygen atoms in total. The number of thiophene rings is 1. The van der Waals surface area contributed by atoms with E-state index in [4.69, 9.17) is 19.3 Å². The van der Waals surface area contributed by atoms with Gasteiger partial charge in [0.15, 0.2) is 0 Å². The molecule has 1 heterocycles. The lowest BCUT2D eigenvalue weighted by atomic mass is 10.4. The number of hydrogen-bond acceptors (Lipinski definition) is 5. The maximum Gasteiger partial charge on any atom is 0.345 e. The van der Waals surface area contributed by atoms with Crippen molar-refractivity contribution in [1.29, 1.82) is 0 Å². The molecule has 0 amide bonds. The Morgan fingerprint density at radius 2 is 2.08 bits per heavy atom. The van der Waals surface area contributed by atoms with Gasteiger partial charge >= 0.3 is 17.5 Å². The first-order valence-corrected chi connectivity index (χ1v) is 4.15. The number of carboxylic acids is 1. The monoisotopic (exact) mass is 207 g/mol. The summed E-state index contributed by atoms with van der Waals surface area (Å²) in [4.78, 5) is 10.5. The fourth-order valence-electron chi connectivity index (χ4n) is 0.463. The minimum Gasteiger partial charge on any atom is -0.477 e. The van der Waals surface area contributed by atoms with E-state index >= 15 is 0 Å². The molecule has 0 spiro atoms. The molecule has 0 radical (unpaired) electrons. The molecule has 0 aliphatic carbocycles. The van der Waals surface area contributed by atoms with Crippen molar-refractivity contribution in [3.8, 4) is 0 Å². The van der Waals surface area contributed by atoms with Gasteiger partial charge < -0.3 is 10.8 Å². The third-order valence-electron chi connectivity index (χ3n) is 0.831. The van der Waals surface area contributed by atoms with E-state index in [1.807, 2.05) is 0 Å². The fourth-order valence-corrected chi connectivity index (χ4v) is 1.10. The molecule has 66 valence electrons. The molecule has 1 aromatic rings. The van der Waals surface area contributed by atoms with Gasteiger partial charge in [-0.3, -0.25) is 0 Å². The second-order valence-electron chi connectivity index (χ2n) is 1.62. The Bertz CT molecular complexity index is 302. The van der Waals surface area contributed by atoms with Crippen LogP contribution in [0.3, 0.4) is 0 Å². The van der Waals surface area contributed by atoms with Gasteiger partial charge in [0, 0.05) is 11.1 Å². The highest BCUT2D eigenvalue weighted by Crippen LogP contribution is 2.15. The van der Waals surface area contributed by atoms with Crippen molar-refractivity contribution in [2.75, 3.05) is 5.73 Å². The van der Waals surface area contributed by atoms with E-state index in [1.54, 1.807) is 5.38 Å². The number of carboxylic acid groups (broad SMARTS) is 1. The minimum absolute atomic E-state index is 0.285. The lowest BCUT2D eigenvalue weighted by Crippen LogP contribution is -1.90. The van der Waals surface area contributed by atoms with Gasteiger partial charge in [0.1, 0.15) is 4.88 Å². The van der Waals surface area contributed by atoms with Gasteiger partial charge in [0.25, 0.3) is 0 Å². The molecule has 0 unspecified atom stereocenters. The second kappa shape index (κ2) is 5.44. The van der Waals surface area contributed by atoms with Crippen molar-refractivity contribution < 1.29 is 18.3 Å². The van der Waals surface area contributed by atoms with Crippen molar-refractivity contribution >= 4 is 34.6 Å². The zero-order valence-electron chi connectivity index (χ0n) is 5.72. The molecule has 1 aromatic heterocycles. The first-order chi connectivity index (χ1) is 5.61. The van der Waals surface area contributed by atoms with Gasteiger partial charge in [-0.1, -0.05) is 0 Å². The van der Waals surface area contributed by atoms with E-state index in [2.05, 4.69) is 0 Å². The first kappa shape index (κ1) is 10.8. The van der Waals surface area contributed by atoms with Crippen LogP contribution in [0.4, 0.5) is 5.69 Å². The van der Waals surface area contributed by atoms with Crippen molar-refractivity contribution in [2.45, 2.75) is 0 Å². The third-order valence-corrected chi connectivity index (χ3v) is 1.77. The van der Waals surface area contributed by atoms with Crippen LogP contribution in [-0.2, 0) is 11.6 Å². The van der Waals surface area contributed by atoms with Gasteiger partial charge in [-0.15, -0.1) is 11.3 Å². The standard InChI is InChI=1S/C5H5NO2S.O2S/c6-3-1-4(5(7)8)9-2-3;1-3-2/h1-2H,6H2,(H,7,8);. The Morgan fingerprint density at radius 3 is 2.25 bits per heavy atom. The number of nitrogen functional groups attached to an aromatic ring is 1. The number of anilines is 1. The van der Waals surface area contributed by atoms with Gasteiger partial charge in [-0.25, -0.2) is 4.79 Å². The normalized spacial score (nSPS) is 8.00. The van der Waals surface area contributed by atoms with Crippen LogP contribution in [0.1, 0.15) is 9.67 Å². The van der Waals surface area contributed by atoms with E-state index in [9.17, 15) is 4.79 Å². The van der Waals surface area contributed by atoms with Crippen LogP contribution in [-0.4, -0.2) is 19.5 Å². The predicted octanol–water partition coefficient (Wildman–Crippen LogP) is 0.358. The van der Waals surface area contributed by atoms with Crippen LogP contribution < -0.4 is 5.73 Å². The summed E-state index contributed by atoms with van der Waals surface area (Å²) in [7, 11) is 0. The lowest BCUT2D eigenvalue weighted by molar-refractivity contribution is 0.0702. The molecule has 7 heteroatoms. The molecule has 0 aromatic carbocycles. The Kier molecular flexibility index (Phi) is 4.89. The van der Waals surface area contributed by atoms with E-state index in [-0.39, 0.29) is 4.88 Å². The molecule has 0 bridgehead atoms. The zero-order chi connectivity index (χ0) is 9.56. The molecule has 0 aliphatic rings. The summed E-state index contributed by atoms with van der Waals surface area (Å²) in [5, 5.41) is 9.95. The minimum atomic E-state index is -0.920. The predicted molar refractivity (Wildman–Crippen MR) is 44.6 cm³/mol. The highest BCUT2D eigenvalue weighted by molar-refractivity contribution is 7.51. The van der Waals surface area contributed by atoms with Crippen LogP contribution in [0, 0.1) is 0 Å². The van der Waals surface area contributed by atoms with E-state index in [1.165, 1.54) is 6.07 Å². The Balaban J connectivity index is 0.000000354. The number of carbonyl (C=O) groups is 1. The molecule has 1 rings (SSSR count). The van der Waals surface area contributed by atoms with Crippen LogP contribution in [0.25, 0.3) is 0 Å². The van der Waals surface area contributed by atoms with Gasteiger partial charge in [0.05, 0.1) is 0 Å². The zero-order valence-corrected chi connectivity index (χ0v) is 7.35. The topological polar surface area (TPSA) is 97.5 Å². The molecule has 3 N–H and O–H groups in total.